The highest BCUT2D eigenvalue weighted by Crippen LogP contribution is 2.30. The number of benzene rings is 1. The standard InChI is InChI=1S/C15H20BrN3S/c1-10-11(6-5-7-12(10)16)14-19-18-13(20-14)8-9-17-15(2,3)4/h5-7,17H,8-9H2,1-4H3. The third-order valence-corrected chi connectivity index (χ3v) is 4.83. The minimum atomic E-state index is 0.147. The Bertz CT molecular complexity index is 587. The minimum Gasteiger partial charge on any atom is -0.312 e. The van der Waals surface area contributed by atoms with E-state index in [0.717, 1.165) is 33.0 Å². The molecule has 0 atom stereocenters. The predicted molar refractivity (Wildman–Crippen MR) is 89.2 cm³/mol. The molecule has 0 saturated carbocycles. The van der Waals surface area contributed by atoms with E-state index in [2.05, 4.69) is 65.2 Å². The monoisotopic (exact) mass is 353 g/mol. The lowest BCUT2D eigenvalue weighted by Gasteiger charge is -2.19. The zero-order chi connectivity index (χ0) is 14.8. The highest BCUT2D eigenvalue weighted by atomic mass is 79.9. The number of nitrogens with zero attached hydrogens (tertiary/aromatic N) is 2. The fourth-order valence-electron chi connectivity index (χ4n) is 1.85. The van der Waals surface area contributed by atoms with Crippen molar-refractivity contribution in [3.63, 3.8) is 0 Å². The molecule has 20 heavy (non-hydrogen) atoms. The first kappa shape index (κ1) is 15.6. The summed E-state index contributed by atoms with van der Waals surface area (Å²) >= 11 is 5.24. The Hall–Kier alpha value is -0.780. The molecule has 0 aliphatic carbocycles. The molecule has 0 aliphatic rings. The van der Waals surface area contributed by atoms with Gasteiger partial charge in [0.25, 0.3) is 0 Å². The third-order valence-electron chi connectivity index (χ3n) is 2.96. The average molecular weight is 354 g/mol. The van der Waals surface area contributed by atoms with Crippen molar-refractivity contribution < 1.29 is 0 Å². The van der Waals surface area contributed by atoms with Crippen LogP contribution in [0.1, 0.15) is 31.3 Å². The third kappa shape index (κ3) is 4.11. The minimum absolute atomic E-state index is 0.147. The van der Waals surface area contributed by atoms with Gasteiger partial charge in [0.1, 0.15) is 10.0 Å². The van der Waals surface area contributed by atoms with Crippen LogP contribution in [-0.4, -0.2) is 22.3 Å². The molecule has 2 rings (SSSR count). The number of nitrogens with one attached hydrogen (secondary N) is 1. The molecule has 108 valence electrons. The number of hydrogen-bond acceptors (Lipinski definition) is 4. The first-order valence-electron chi connectivity index (χ1n) is 6.70. The Kier molecular flexibility index (Phi) is 4.94. The van der Waals surface area contributed by atoms with Gasteiger partial charge in [-0.05, 0) is 39.3 Å². The molecule has 0 bridgehead atoms. The van der Waals surface area contributed by atoms with Crippen molar-refractivity contribution in [1.29, 1.82) is 0 Å². The van der Waals surface area contributed by atoms with Crippen LogP contribution < -0.4 is 5.32 Å². The van der Waals surface area contributed by atoms with Crippen molar-refractivity contribution in [1.82, 2.24) is 15.5 Å². The van der Waals surface area contributed by atoms with E-state index >= 15 is 0 Å². The highest BCUT2D eigenvalue weighted by molar-refractivity contribution is 9.10. The maximum absolute atomic E-state index is 4.32. The van der Waals surface area contributed by atoms with Gasteiger partial charge in [-0.3, -0.25) is 0 Å². The van der Waals surface area contributed by atoms with Crippen LogP contribution in [-0.2, 0) is 6.42 Å². The van der Waals surface area contributed by atoms with Gasteiger partial charge in [-0.15, -0.1) is 10.2 Å². The van der Waals surface area contributed by atoms with E-state index in [1.807, 2.05) is 12.1 Å². The topological polar surface area (TPSA) is 37.8 Å². The molecule has 1 N–H and O–H groups in total. The summed E-state index contributed by atoms with van der Waals surface area (Å²) in [5.74, 6) is 0. The van der Waals surface area contributed by atoms with Gasteiger partial charge in [0.05, 0.1) is 0 Å². The van der Waals surface area contributed by atoms with Crippen molar-refractivity contribution in [2.45, 2.75) is 39.7 Å². The van der Waals surface area contributed by atoms with E-state index < -0.39 is 0 Å². The molecule has 3 nitrogen and oxygen atoms in total. The molecule has 5 heteroatoms. The fourth-order valence-corrected chi connectivity index (χ4v) is 3.13. The van der Waals surface area contributed by atoms with Crippen LogP contribution in [0.15, 0.2) is 22.7 Å². The quantitative estimate of drug-likeness (QED) is 0.894. The van der Waals surface area contributed by atoms with E-state index in [1.54, 1.807) is 11.3 Å². The summed E-state index contributed by atoms with van der Waals surface area (Å²) < 4.78 is 1.11. The number of aromatic nitrogens is 2. The van der Waals surface area contributed by atoms with Crippen LogP contribution >= 0.6 is 27.3 Å². The SMILES string of the molecule is Cc1c(Br)cccc1-c1nnc(CCNC(C)(C)C)s1. The number of halogens is 1. The van der Waals surface area contributed by atoms with Gasteiger partial charge in [-0.1, -0.05) is 39.4 Å². The molecule has 0 radical (unpaired) electrons. The number of rotatable bonds is 4. The summed E-state index contributed by atoms with van der Waals surface area (Å²) in [7, 11) is 0. The molecule has 0 aliphatic heterocycles. The molecular formula is C15H20BrN3S. The first-order valence-corrected chi connectivity index (χ1v) is 8.31. The molecule has 1 aromatic heterocycles. The van der Waals surface area contributed by atoms with Crippen LogP contribution in [0.25, 0.3) is 10.6 Å². The van der Waals surface area contributed by atoms with Gasteiger partial charge >= 0.3 is 0 Å². The maximum atomic E-state index is 4.32. The predicted octanol–water partition coefficient (Wildman–Crippen LogP) is 4.21. The molecule has 2 aromatic rings. The second-order valence-electron chi connectivity index (χ2n) is 5.84. The molecule has 1 aromatic carbocycles. The molecular weight excluding hydrogens is 334 g/mol. The maximum Gasteiger partial charge on any atom is 0.148 e. The molecule has 1 heterocycles. The molecule has 0 saturated heterocycles. The fraction of sp³-hybridized carbons (Fsp3) is 0.467. The van der Waals surface area contributed by atoms with Crippen molar-refractivity contribution >= 4 is 27.3 Å². The summed E-state index contributed by atoms with van der Waals surface area (Å²) in [5.41, 5.74) is 2.52. The lowest BCUT2D eigenvalue weighted by Crippen LogP contribution is -2.37. The second-order valence-corrected chi connectivity index (χ2v) is 7.76. The average Bonchev–Trinajstić information content (AvgIpc) is 2.79. The lowest BCUT2D eigenvalue weighted by molar-refractivity contribution is 0.429. The largest absolute Gasteiger partial charge is 0.312 e. The van der Waals surface area contributed by atoms with E-state index in [4.69, 9.17) is 0 Å². The first-order chi connectivity index (χ1) is 9.37. The van der Waals surface area contributed by atoms with Gasteiger partial charge in [0, 0.05) is 28.5 Å². The number of hydrogen-bond donors (Lipinski definition) is 1. The van der Waals surface area contributed by atoms with Crippen LogP contribution in [0.2, 0.25) is 0 Å². The van der Waals surface area contributed by atoms with E-state index in [0.29, 0.717) is 0 Å². The Morgan fingerprint density at radius 1 is 1.25 bits per heavy atom. The van der Waals surface area contributed by atoms with E-state index in [-0.39, 0.29) is 5.54 Å². The molecule has 0 unspecified atom stereocenters. The highest BCUT2D eigenvalue weighted by Gasteiger charge is 2.12. The lowest BCUT2D eigenvalue weighted by atomic mass is 10.1. The van der Waals surface area contributed by atoms with Gasteiger partial charge in [-0.25, -0.2) is 0 Å². The second kappa shape index (κ2) is 6.33. The van der Waals surface area contributed by atoms with Crippen LogP contribution in [0.5, 0.6) is 0 Å². The van der Waals surface area contributed by atoms with Crippen molar-refractivity contribution in [2.75, 3.05) is 6.54 Å². The molecule has 0 fully saturated rings. The smallest absolute Gasteiger partial charge is 0.148 e. The Morgan fingerprint density at radius 2 is 2.00 bits per heavy atom. The van der Waals surface area contributed by atoms with E-state index in [9.17, 15) is 0 Å². The Labute approximate surface area is 133 Å². The van der Waals surface area contributed by atoms with Crippen LogP contribution in [0.3, 0.4) is 0 Å². The summed E-state index contributed by atoms with van der Waals surface area (Å²) in [6.45, 7) is 9.54. The van der Waals surface area contributed by atoms with Gasteiger partial charge in [0.2, 0.25) is 0 Å². The van der Waals surface area contributed by atoms with Crippen molar-refractivity contribution in [2.24, 2.45) is 0 Å². The van der Waals surface area contributed by atoms with Gasteiger partial charge < -0.3 is 5.32 Å². The summed E-state index contributed by atoms with van der Waals surface area (Å²) in [4.78, 5) is 0. The van der Waals surface area contributed by atoms with Gasteiger partial charge in [0.15, 0.2) is 0 Å². The Morgan fingerprint density at radius 3 is 2.70 bits per heavy atom. The zero-order valence-corrected chi connectivity index (χ0v) is 14.7. The van der Waals surface area contributed by atoms with Crippen molar-refractivity contribution in [3.05, 3.63) is 33.2 Å². The van der Waals surface area contributed by atoms with E-state index in [1.165, 1.54) is 5.56 Å². The van der Waals surface area contributed by atoms with Crippen LogP contribution in [0, 0.1) is 6.92 Å². The van der Waals surface area contributed by atoms with Crippen LogP contribution in [0.4, 0.5) is 0 Å². The Balaban J connectivity index is 2.07. The van der Waals surface area contributed by atoms with Gasteiger partial charge in [-0.2, -0.15) is 0 Å². The zero-order valence-electron chi connectivity index (χ0n) is 12.3. The summed E-state index contributed by atoms with van der Waals surface area (Å²) in [5, 5.41) is 14.2. The van der Waals surface area contributed by atoms with Crippen molar-refractivity contribution in [3.8, 4) is 10.6 Å². The summed E-state index contributed by atoms with van der Waals surface area (Å²) in [6.07, 6.45) is 0.919. The normalized spacial score (nSPS) is 11.8. The molecule has 0 amide bonds. The molecule has 0 spiro atoms. The summed E-state index contributed by atoms with van der Waals surface area (Å²) in [6, 6.07) is 6.18.